The number of hydrogen-bond donors (Lipinski definition) is 1. The minimum absolute atomic E-state index is 0.0464. The van der Waals surface area contributed by atoms with Crippen LogP contribution in [0.2, 0.25) is 0 Å². The van der Waals surface area contributed by atoms with Gasteiger partial charge in [0.25, 0.3) is 6.43 Å². The fraction of sp³-hybridized carbons (Fsp3) is 0.917. The monoisotopic (exact) mass is 264 g/mol. The van der Waals surface area contributed by atoms with Crippen LogP contribution < -0.4 is 5.32 Å². The molecule has 1 aliphatic rings. The first-order valence-electron chi connectivity index (χ1n) is 6.40. The topological polar surface area (TPSA) is 41.6 Å². The van der Waals surface area contributed by atoms with Gasteiger partial charge in [-0.3, -0.25) is 4.79 Å². The third-order valence-electron chi connectivity index (χ3n) is 3.06. The summed E-state index contributed by atoms with van der Waals surface area (Å²) < 4.78 is 28.3. The van der Waals surface area contributed by atoms with Gasteiger partial charge in [0, 0.05) is 13.6 Å². The summed E-state index contributed by atoms with van der Waals surface area (Å²) in [6.07, 6.45) is -0.0220. The average molecular weight is 264 g/mol. The van der Waals surface area contributed by atoms with E-state index in [0.29, 0.717) is 5.92 Å². The van der Waals surface area contributed by atoms with Gasteiger partial charge in [-0.25, -0.2) is 8.78 Å². The number of carbonyl (C=O) groups excluding carboxylic acids is 1. The number of halogens is 2. The average Bonchev–Trinajstić information content (AvgIpc) is 2.35. The van der Waals surface area contributed by atoms with Crippen LogP contribution in [0.5, 0.6) is 0 Å². The van der Waals surface area contributed by atoms with E-state index in [1.807, 2.05) is 0 Å². The van der Waals surface area contributed by atoms with Crippen molar-refractivity contribution in [3.8, 4) is 0 Å². The van der Waals surface area contributed by atoms with Crippen LogP contribution in [-0.2, 0) is 9.53 Å². The van der Waals surface area contributed by atoms with Gasteiger partial charge in [-0.2, -0.15) is 0 Å². The fourth-order valence-electron chi connectivity index (χ4n) is 2.09. The highest BCUT2D eigenvalue weighted by molar-refractivity contribution is 5.75. The third-order valence-corrected chi connectivity index (χ3v) is 3.06. The summed E-state index contributed by atoms with van der Waals surface area (Å²) in [4.78, 5) is 13.4. The van der Waals surface area contributed by atoms with Gasteiger partial charge in [0.15, 0.2) is 0 Å². The molecule has 0 aromatic heterocycles. The van der Waals surface area contributed by atoms with Crippen molar-refractivity contribution < 1.29 is 18.3 Å². The number of nitrogens with zero attached hydrogens (tertiary/aromatic N) is 1. The zero-order valence-electron chi connectivity index (χ0n) is 10.8. The molecule has 1 heterocycles. The second-order valence-corrected chi connectivity index (χ2v) is 4.70. The zero-order valence-corrected chi connectivity index (χ0v) is 10.8. The van der Waals surface area contributed by atoms with Crippen molar-refractivity contribution in [2.75, 3.05) is 39.9 Å². The molecule has 0 aromatic rings. The molecule has 0 radical (unpaired) electrons. The molecular formula is C12H22F2N2O2. The molecule has 0 bridgehead atoms. The quantitative estimate of drug-likeness (QED) is 0.701. The van der Waals surface area contributed by atoms with Crippen LogP contribution in [0.1, 0.15) is 19.3 Å². The van der Waals surface area contributed by atoms with E-state index in [0.717, 1.165) is 32.5 Å². The number of amides is 1. The van der Waals surface area contributed by atoms with Crippen molar-refractivity contribution >= 4 is 5.91 Å². The van der Waals surface area contributed by atoms with E-state index in [2.05, 4.69) is 5.32 Å². The van der Waals surface area contributed by atoms with Crippen molar-refractivity contribution in [1.82, 2.24) is 10.2 Å². The fourth-order valence-corrected chi connectivity index (χ4v) is 2.09. The van der Waals surface area contributed by atoms with E-state index in [-0.39, 0.29) is 18.9 Å². The molecular weight excluding hydrogens is 242 g/mol. The molecule has 4 nitrogen and oxygen atoms in total. The largest absolute Gasteiger partial charge is 0.375 e. The Morgan fingerprint density at radius 2 is 2.33 bits per heavy atom. The first kappa shape index (κ1) is 15.3. The zero-order chi connectivity index (χ0) is 13.4. The SMILES string of the molecule is CN(CC1CCCNC1)C(=O)CCOCC(F)F. The molecule has 1 aliphatic heterocycles. The lowest BCUT2D eigenvalue weighted by atomic mass is 9.99. The van der Waals surface area contributed by atoms with Crippen LogP contribution in [0.4, 0.5) is 8.78 Å². The number of nitrogens with one attached hydrogen (secondary N) is 1. The molecule has 1 atom stereocenters. The Morgan fingerprint density at radius 3 is 2.94 bits per heavy atom. The third kappa shape index (κ3) is 6.26. The number of hydrogen-bond acceptors (Lipinski definition) is 3. The second kappa shape index (κ2) is 8.37. The molecule has 1 N–H and O–H groups in total. The van der Waals surface area contributed by atoms with E-state index < -0.39 is 13.0 Å². The molecule has 1 amide bonds. The van der Waals surface area contributed by atoms with Gasteiger partial charge in [0.1, 0.15) is 6.61 Å². The van der Waals surface area contributed by atoms with Gasteiger partial charge in [0.05, 0.1) is 13.0 Å². The van der Waals surface area contributed by atoms with Gasteiger partial charge < -0.3 is 15.0 Å². The number of ether oxygens (including phenoxy) is 1. The molecule has 0 aromatic carbocycles. The minimum Gasteiger partial charge on any atom is -0.375 e. The van der Waals surface area contributed by atoms with Crippen LogP contribution in [0.25, 0.3) is 0 Å². The lowest BCUT2D eigenvalue weighted by Crippen LogP contribution is -2.39. The van der Waals surface area contributed by atoms with Gasteiger partial charge in [0.2, 0.25) is 5.91 Å². The number of piperidine rings is 1. The Morgan fingerprint density at radius 1 is 1.56 bits per heavy atom. The summed E-state index contributed by atoms with van der Waals surface area (Å²) in [5, 5.41) is 3.30. The highest BCUT2D eigenvalue weighted by Gasteiger charge is 2.17. The van der Waals surface area contributed by atoms with Gasteiger partial charge >= 0.3 is 0 Å². The summed E-state index contributed by atoms with van der Waals surface area (Å²) in [6, 6.07) is 0. The van der Waals surface area contributed by atoms with Crippen molar-refractivity contribution in [2.45, 2.75) is 25.7 Å². The molecule has 1 saturated heterocycles. The first-order valence-corrected chi connectivity index (χ1v) is 6.40. The van der Waals surface area contributed by atoms with Gasteiger partial charge in [-0.15, -0.1) is 0 Å². The molecule has 0 saturated carbocycles. The standard InChI is InChI=1S/C12H22F2N2O2/c1-16(8-10-3-2-5-15-7-10)12(17)4-6-18-9-11(13)14/h10-11,15H,2-9H2,1H3. The molecule has 0 spiro atoms. The Balaban J connectivity index is 2.11. The Kier molecular flexibility index (Phi) is 7.12. The van der Waals surface area contributed by atoms with Crippen LogP contribution in [0.3, 0.4) is 0 Å². The summed E-state index contributed by atoms with van der Waals surface area (Å²) >= 11 is 0. The van der Waals surface area contributed by atoms with E-state index in [1.54, 1.807) is 11.9 Å². The smallest absolute Gasteiger partial charge is 0.261 e. The Labute approximate surface area is 107 Å². The molecule has 0 aliphatic carbocycles. The summed E-state index contributed by atoms with van der Waals surface area (Å²) in [5.74, 6) is 0.449. The highest BCUT2D eigenvalue weighted by atomic mass is 19.3. The van der Waals surface area contributed by atoms with E-state index in [1.165, 1.54) is 0 Å². The molecule has 18 heavy (non-hydrogen) atoms. The predicted molar refractivity (Wildman–Crippen MR) is 64.7 cm³/mol. The van der Waals surface area contributed by atoms with E-state index in [4.69, 9.17) is 4.74 Å². The Hall–Kier alpha value is -0.750. The lowest BCUT2D eigenvalue weighted by molar-refractivity contribution is -0.132. The van der Waals surface area contributed by atoms with Crippen molar-refractivity contribution in [1.29, 1.82) is 0 Å². The van der Waals surface area contributed by atoms with Crippen molar-refractivity contribution in [3.63, 3.8) is 0 Å². The molecule has 1 fully saturated rings. The van der Waals surface area contributed by atoms with Crippen molar-refractivity contribution in [2.24, 2.45) is 5.92 Å². The summed E-state index contributed by atoms with van der Waals surface area (Å²) in [5.41, 5.74) is 0. The van der Waals surface area contributed by atoms with Crippen LogP contribution in [0, 0.1) is 5.92 Å². The Bertz CT molecular complexity index is 246. The highest BCUT2D eigenvalue weighted by Crippen LogP contribution is 2.11. The number of carbonyl (C=O) groups is 1. The summed E-state index contributed by atoms with van der Waals surface area (Å²) in [7, 11) is 1.75. The van der Waals surface area contributed by atoms with Crippen molar-refractivity contribution in [3.05, 3.63) is 0 Å². The second-order valence-electron chi connectivity index (χ2n) is 4.70. The maximum absolute atomic E-state index is 11.8. The normalized spacial score (nSPS) is 20.1. The minimum atomic E-state index is -2.47. The van der Waals surface area contributed by atoms with E-state index in [9.17, 15) is 13.6 Å². The predicted octanol–water partition coefficient (Wildman–Crippen LogP) is 1.12. The number of rotatable bonds is 7. The summed E-state index contributed by atoms with van der Waals surface area (Å²) in [6.45, 7) is 2.19. The van der Waals surface area contributed by atoms with Crippen LogP contribution in [0.15, 0.2) is 0 Å². The maximum atomic E-state index is 11.8. The first-order chi connectivity index (χ1) is 8.59. The number of alkyl halides is 2. The van der Waals surface area contributed by atoms with Gasteiger partial charge in [-0.05, 0) is 31.8 Å². The maximum Gasteiger partial charge on any atom is 0.261 e. The molecule has 106 valence electrons. The lowest BCUT2D eigenvalue weighted by Gasteiger charge is -2.27. The molecule has 6 heteroatoms. The molecule has 1 rings (SSSR count). The molecule has 1 unspecified atom stereocenters. The van der Waals surface area contributed by atoms with Crippen LogP contribution in [-0.4, -0.2) is 57.1 Å². The van der Waals surface area contributed by atoms with E-state index >= 15 is 0 Å². The van der Waals surface area contributed by atoms with Gasteiger partial charge in [-0.1, -0.05) is 0 Å². The van der Waals surface area contributed by atoms with Crippen LogP contribution >= 0.6 is 0 Å².